The number of hydrogen-bond donors (Lipinski definition) is 2. The van der Waals surface area contributed by atoms with Crippen molar-refractivity contribution >= 4 is 0 Å². The predicted molar refractivity (Wildman–Crippen MR) is 75.4 cm³/mol. The summed E-state index contributed by atoms with van der Waals surface area (Å²) in [7, 11) is 1.93. The van der Waals surface area contributed by atoms with Gasteiger partial charge in [0.1, 0.15) is 0 Å². The standard InChI is InChI=1S/C15H20N4/c1-19-8-7-14(18-19)10-15(17-16)13-6-5-11-3-2-4-12(11)9-13/h5-9,15,17H,2-4,10,16H2,1H3. The number of hydrogen-bond acceptors (Lipinski definition) is 3. The highest BCUT2D eigenvalue weighted by Crippen LogP contribution is 2.26. The average Bonchev–Trinajstić information content (AvgIpc) is 3.03. The van der Waals surface area contributed by atoms with E-state index in [9.17, 15) is 0 Å². The lowest BCUT2D eigenvalue weighted by atomic mass is 9.98. The number of nitrogens with zero attached hydrogens (tertiary/aromatic N) is 2. The Balaban J connectivity index is 1.82. The number of nitrogens with one attached hydrogen (secondary N) is 1. The molecule has 0 saturated carbocycles. The van der Waals surface area contributed by atoms with Gasteiger partial charge in [-0.2, -0.15) is 5.10 Å². The molecule has 3 rings (SSSR count). The van der Waals surface area contributed by atoms with E-state index >= 15 is 0 Å². The molecule has 0 fully saturated rings. The molecule has 2 aromatic rings. The lowest BCUT2D eigenvalue weighted by Crippen LogP contribution is -2.29. The molecule has 0 saturated heterocycles. The van der Waals surface area contributed by atoms with E-state index in [0.29, 0.717) is 0 Å². The van der Waals surface area contributed by atoms with Crippen LogP contribution < -0.4 is 11.3 Å². The maximum atomic E-state index is 5.72. The van der Waals surface area contributed by atoms with Gasteiger partial charge in [0.2, 0.25) is 0 Å². The molecule has 1 aliphatic rings. The van der Waals surface area contributed by atoms with E-state index in [1.807, 2.05) is 24.0 Å². The highest BCUT2D eigenvalue weighted by molar-refractivity contribution is 5.36. The van der Waals surface area contributed by atoms with E-state index in [1.54, 1.807) is 0 Å². The second kappa shape index (κ2) is 5.15. The highest BCUT2D eigenvalue weighted by Gasteiger charge is 2.16. The summed E-state index contributed by atoms with van der Waals surface area (Å²) in [5.74, 6) is 5.72. The van der Waals surface area contributed by atoms with Gasteiger partial charge in [-0.3, -0.25) is 16.0 Å². The van der Waals surface area contributed by atoms with Crippen molar-refractivity contribution in [3.05, 3.63) is 52.8 Å². The first kappa shape index (κ1) is 12.4. The zero-order valence-corrected chi connectivity index (χ0v) is 11.3. The second-order valence-corrected chi connectivity index (χ2v) is 5.29. The van der Waals surface area contributed by atoms with E-state index in [0.717, 1.165) is 12.1 Å². The van der Waals surface area contributed by atoms with Crippen molar-refractivity contribution < 1.29 is 0 Å². The van der Waals surface area contributed by atoms with Crippen LogP contribution >= 0.6 is 0 Å². The van der Waals surface area contributed by atoms with Crippen LogP contribution in [0.5, 0.6) is 0 Å². The van der Waals surface area contributed by atoms with Gasteiger partial charge in [-0.05, 0) is 42.0 Å². The molecule has 1 aromatic heterocycles. The fourth-order valence-electron chi connectivity index (χ4n) is 2.86. The second-order valence-electron chi connectivity index (χ2n) is 5.29. The maximum Gasteiger partial charge on any atom is 0.0643 e. The van der Waals surface area contributed by atoms with Gasteiger partial charge >= 0.3 is 0 Å². The number of hydrazine groups is 1. The summed E-state index contributed by atoms with van der Waals surface area (Å²) < 4.78 is 1.83. The molecule has 0 spiro atoms. The van der Waals surface area contributed by atoms with Crippen molar-refractivity contribution in [3.63, 3.8) is 0 Å². The van der Waals surface area contributed by atoms with E-state index < -0.39 is 0 Å². The topological polar surface area (TPSA) is 55.9 Å². The average molecular weight is 256 g/mol. The van der Waals surface area contributed by atoms with Gasteiger partial charge in [-0.25, -0.2) is 0 Å². The summed E-state index contributed by atoms with van der Waals surface area (Å²) >= 11 is 0. The molecule has 1 atom stereocenters. The Morgan fingerprint density at radius 1 is 1.32 bits per heavy atom. The van der Waals surface area contributed by atoms with Crippen molar-refractivity contribution in [1.29, 1.82) is 0 Å². The first-order chi connectivity index (χ1) is 9.26. The summed E-state index contributed by atoms with van der Waals surface area (Å²) in [6.07, 6.45) is 6.47. The van der Waals surface area contributed by atoms with Crippen molar-refractivity contribution in [3.8, 4) is 0 Å². The van der Waals surface area contributed by atoms with E-state index in [4.69, 9.17) is 5.84 Å². The quantitative estimate of drug-likeness (QED) is 0.646. The molecule has 0 amide bonds. The third-order valence-corrected chi connectivity index (χ3v) is 3.91. The monoisotopic (exact) mass is 256 g/mol. The Morgan fingerprint density at radius 3 is 2.89 bits per heavy atom. The van der Waals surface area contributed by atoms with Crippen LogP contribution in [0.15, 0.2) is 30.5 Å². The Bertz CT molecular complexity index is 573. The normalized spacial score (nSPS) is 15.5. The predicted octanol–water partition coefficient (Wildman–Crippen LogP) is 1.66. The Morgan fingerprint density at radius 2 is 2.16 bits per heavy atom. The van der Waals surface area contributed by atoms with E-state index in [2.05, 4.69) is 28.7 Å². The number of aryl methyl sites for hydroxylation is 3. The molecule has 100 valence electrons. The molecule has 1 heterocycles. The molecular formula is C15H20N4. The summed E-state index contributed by atoms with van der Waals surface area (Å²) in [5.41, 5.74) is 8.22. The SMILES string of the molecule is Cn1ccc(CC(NN)c2ccc3c(c2)CCC3)n1. The highest BCUT2D eigenvalue weighted by atomic mass is 15.3. The van der Waals surface area contributed by atoms with Gasteiger partial charge < -0.3 is 0 Å². The van der Waals surface area contributed by atoms with Crippen LogP contribution in [0.3, 0.4) is 0 Å². The Hall–Kier alpha value is -1.65. The molecule has 4 nitrogen and oxygen atoms in total. The molecular weight excluding hydrogens is 236 g/mol. The molecule has 0 bridgehead atoms. The van der Waals surface area contributed by atoms with Crippen LogP contribution in [0.25, 0.3) is 0 Å². The first-order valence-corrected chi connectivity index (χ1v) is 6.82. The van der Waals surface area contributed by atoms with Gasteiger partial charge in [0.05, 0.1) is 11.7 Å². The van der Waals surface area contributed by atoms with Gasteiger partial charge in [-0.15, -0.1) is 0 Å². The summed E-state index contributed by atoms with van der Waals surface area (Å²) in [6.45, 7) is 0. The summed E-state index contributed by atoms with van der Waals surface area (Å²) in [5, 5.41) is 4.42. The third-order valence-electron chi connectivity index (χ3n) is 3.91. The zero-order chi connectivity index (χ0) is 13.2. The van der Waals surface area contributed by atoms with E-state index in [1.165, 1.54) is 36.0 Å². The Kier molecular flexibility index (Phi) is 3.36. The number of fused-ring (bicyclic) bond motifs is 1. The van der Waals surface area contributed by atoms with Crippen LogP contribution in [-0.4, -0.2) is 9.78 Å². The number of rotatable bonds is 4. The minimum atomic E-state index is 0.126. The zero-order valence-electron chi connectivity index (χ0n) is 11.3. The maximum absolute atomic E-state index is 5.72. The molecule has 0 aliphatic heterocycles. The van der Waals surface area contributed by atoms with Gasteiger partial charge in [0, 0.05) is 19.7 Å². The summed E-state index contributed by atoms with van der Waals surface area (Å²) in [4.78, 5) is 0. The number of benzene rings is 1. The van der Waals surface area contributed by atoms with Gasteiger partial charge in [-0.1, -0.05) is 18.2 Å². The molecule has 19 heavy (non-hydrogen) atoms. The van der Waals surface area contributed by atoms with Gasteiger partial charge in [0.25, 0.3) is 0 Å². The fourth-order valence-corrected chi connectivity index (χ4v) is 2.86. The van der Waals surface area contributed by atoms with Crippen LogP contribution in [-0.2, 0) is 26.3 Å². The van der Waals surface area contributed by atoms with Crippen LogP contribution in [0.1, 0.15) is 34.8 Å². The van der Waals surface area contributed by atoms with Crippen LogP contribution in [0.4, 0.5) is 0 Å². The van der Waals surface area contributed by atoms with Crippen molar-refractivity contribution in [2.45, 2.75) is 31.7 Å². The minimum absolute atomic E-state index is 0.126. The lowest BCUT2D eigenvalue weighted by Gasteiger charge is -2.16. The van der Waals surface area contributed by atoms with E-state index in [-0.39, 0.29) is 6.04 Å². The molecule has 0 radical (unpaired) electrons. The largest absolute Gasteiger partial charge is 0.276 e. The summed E-state index contributed by atoms with van der Waals surface area (Å²) in [6, 6.07) is 8.91. The van der Waals surface area contributed by atoms with Crippen LogP contribution in [0, 0.1) is 0 Å². The third kappa shape index (κ3) is 2.55. The molecule has 1 unspecified atom stereocenters. The first-order valence-electron chi connectivity index (χ1n) is 6.82. The molecule has 3 N–H and O–H groups in total. The van der Waals surface area contributed by atoms with Crippen LogP contribution in [0.2, 0.25) is 0 Å². The molecule has 1 aliphatic carbocycles. The Labute approximate surface area is 113 Å². The number of nitrogens with two attached hydrogens (primary N) is 1. The smallest absolute Gasteiger partial charge is 0.0643 e. The van der Waals surface area contributed by atoms with Crippen molar-refractivity contribution in [2.75, 3.05) is 0 Å². The fraction of sp³-hybridized carbons (Fsp3) is 0.400. The number of aromatic nitrogens is 2. The molecule has 4 heteroatoms. The molecule has 1 aromatic carbocycles. The van der Waals surface area contributed by atoms with Crippen molar-refractivity contribution in [2.24, 2.45) is 12.9 Å². The minimum Gasteiger partial charge on any atom is -0.276 e. The van der Waals surface area contributed by atoms with Crippen molar-refractivity contribution in [1.82, 2.24) is 15.2 Å². The van der Waals surface area contributed by atoms with Gasteiger partial charge in [0.15, 0.2) is 0 Å². The lowest BCUT2D eigenvalue weighted by molar-refractivity contribution is 0.541.